The lowest BCUT2D eigenvalue weighted by molar-refractivity contribution is -0.315. The van der Waals surface area contributed by atoms with Gasteiger partial charge in [-0.3, -0.25) is 4.98 Å². The van der Waals surface area contributed by atoms with Crippen molar-refractivity contribution in [3.63, 3.8) is 0 Å². The molecule has 0 spiro atoms. The van der Waals surface area contributed by atoms with E-state index in [0.717, 1.165) is 5.56 Å². The molecule has 0 bridgehead atoms. The largest absolute Gasteiger partial charge is 0.389 e. The molecule has 16 atom stereocenters. The summed E-state index contributed by atoms with van der Waals surface area (Å²) < 4.78 is 42.5. The number of rotatable bonds is 26. The van der Waals surface area contributed by atoms with E-state index in [1.54, 1.807) is 54.3 Å². The van der Waals surface area contributed by atoms with Gasteiger partial charge in [-0.2, -0.15) is 0 Å². The van der Waals surface area contributed by atoms with Crippen molar-refractivity contribution < 1.29 is 63.5 Å². The van der Waals surface area contributed by atoms with Gasteiger partial charge in [0, 0.05) is 63.4 Å². The Morgan fingerprint density at radius 3 is 2.36 bits per heavy atom. The molecule has 16 nitrogen and oxygen atoms in total. The third kappa shape index (κ3) is 15.1. The first kappa shape index (κ1) is 53.4. The minimum atomic E-state index is -1.65. The topological polar surface area (TPSA) is 212 Å². The van der Waals surface area contributed by atoms with Crippen LogP contribution in [0.15, 0.2) is 29.7 Å². The smallest absolute Gasteiger partial charge is 0.216 e. The lowest BCUT2D eigenvalue weighted by atomic mass is 9.74. The second-order valence-electron chi connectivity index (χ2n) is 18.6. The number of hydrogen-bond donors (Lipinski definition) is 6. The Balaban J connectivity index is 2.03. The molecular weight excluding hydrogens is 791 g/mol. The third-order valence-corrected chi connectivity index (χ3v) is 12.6. The molecule has 0 aromatic carbocycles. The van der Waals surface area contributed by atoms with Crippen LogP contribution in [-0.4, -0.2) is 149 Å². The molecule has 2 saturated heterocycles. The van der Waals surface area contributed by atoms with Gasteiger partial charge in [0.2, 0.25) is 6.79 Å². The van der Waals surface area contributed by atoms with Crippen molar-refractivity contribution in [3.8, 4) is 0 Å². The van der Waals surface area contributed by atoms with Crippen molar-refractivity contribution in [2.75, 3.05) is 34.2 Å². The number of ether oxygens (including phenoxy) is 7. The van der Waals surface area contributed by atoms with Crippen LogP contribution in [0.4, 0.5) is 0 Å². The summed E-state index contributed by atoms with van der Waals surface area (Å²) in [5.41, 5.74) is -2.63. The molecule has 2 aliphatic heterocycles. The third-order valence-electron chi connectivity index (χ3n) is 12.6. The van der Waals surface area contributed by atoms with Crippen LogP contribution in [0.3, 0.4) is 0 Å². The first-order valence-electron chi connectivity index (χ1n) is 22.2. The van der Waals surface area contributed by atoms with Crippen molar-refractivity contribution in [1.82, 2.24) is 10.3 Å². The maximum Gasteiger partial charge on any atom is 0.216 e. The van der Waals surface area contributed by atoms with Gasteiger partial charge in [0.25, 0.3) is 0 Å². The van der Waals surface area contributed by atoms with Crippen LogP contribution in [0.5, 0.6) is 0 Å². The second-order valence-corrected chi connectivity index (χ2v) is 18.6. The quantitative estimate of drug-likeness (QED) is 0.0331. The number of methoxy groups -OCH3 is 2. The van der Waals surface area contributed by atoms with Crippen LogP contribution in [0, 0.1) is 23.7 Å². The highest BCUT2D eigenvalue weighted by atomic mass is 16.7. The van der Waals surface area contributed by atoms with E-state index >= 15 is 0 Å². The molecule has 3 rings (SSSR count). The number of pyridine rings is 1. The maximum atomic E-state index is 12.9. The number of nitrogens with one attached hydrogen (secondary N) is 1. The van der Waals surface area contributed by atoms with Crippen LogP contribution >= 0.6 is 0 Å². The Hall–Kier alpha value is -1.90. The first-order chi connectivity index (χ1) is 28.6. The Morgan fingerprint density at radius 2 is 1.75 bits per heavy atom. The summed E-state index contributed by atoms with van der Waals surface area (Å²) in [6.45, 7) is 21.3. The van der Waals surface area contributed by atoms with Gasteiger partial charge in [0.05, 0.1) is 66.2 Å². The number of nitrogens with zero attached hydrogens (tertiary/aromatic N) is 2. The zero-order valence-electron chi connectivity index (χ0n) is 39.2. The summed E-state index contributed by atoms with van der Waals surface area (Å²) >= 11 is 0. The molecule has 2 aliphatic rings. The lowest BCUT2D eigenvalue weighted by Gasteiger charge is -2.48. The fraction of sp³-hybridized carbons (Fsp3) is 0.867. The zero-order chi connectivity index (χ0) is 45.7. The van der Waals surface area contributed by atoms with Crippen molar-refractivity contribution in [2.24, 2.45) is 28.8 Å². The van der Waals surface area contributed by atoms with Crippen molar-refractivity contribution in [3.05, 3.63) is 30.1 Å². The van der Waals surface area contributed by atoms with E-state index < -0.39 is 89.8 Å². The molecule has 0 amide bonds. The molecule has 1 aromatic rings. The molecule has 2 fully saturated rings. The molecule has 61 heavy (non-hydrogen) atoms. The highest BCUT2D eigenvalue weighted by molar-refractivity contribution is 5.88. The van der Waals surface area contributed by atoms with Crippen LogP contribution in [0.25, 0.3) is 0 Å². The number of oxime groups is 1. The summed E-state index contributed by atoms with van der Waals surface area (Å²) in [4.78, 5) is 9.83. The summed E-state index contributed by atoms with van der Waals surface area (Å²) in [7, 11) is 3.13. The minimum absolute atomic E-state index is 0.0541. The maximum absolute atomic E-state index is 12.9. The van der Waals surface area contributed by atoms with Gasteiger partial charge in [-0.15, -0.1) is 0 Å². The van der Waals surface area contributed by atoms with E-state index in [9.17, 15) is 25.5 Å². The first-order valence-corrected chi connectivity index (χ1v) is 22.2. The molecule has 0 aliphatic carbocycles. The molecule has 8 unspecified atom stereocenters. The standard InChI is InChI=1S/C45H81N3O13/c1-14-17-43(9,52)39(50)30(6)36(48-57-26-56-20-19-54-12)28(4)22-44(10,53)41(31(7)38(27(2)3)60-35-23-45(11,55-13)40(51)32(8)59-35)61-42-37(49)34(21-29(5)58-42)47-25-33-16-15-18-46-24-33/h15-16,18,24,27-32,34-35,37-42,47,49-53H,14,17,19-23,25-26H2,1-13H3/t28?,29-,30?,31?,32+,34+,35+,37-,38?,39?,40+,41?,42+,43?,44?,45-/m1/s1. The highest BCUT2D eigenvalue weighted by Gasteiger charge is 2.50. The van der Waals surface area contributed by atoms with E-state index in [1.807, 2.05) is 60.6 Å². The van der Waals surface area contributed by atoms with Gasteiger partial charge in [-0.1, -0.05) is 59.2 Å². The van der Waals surface area contributed by atoms with Gasteiger partial charge < -0.3 is 68.8 Å². The molecular formula is C45H81N3O13. The minimum Gasteiger partial charge on any atom is -0.389 e. The summed E-state index contributed by atoms with van der Waals surface area (Å²) in [6, 6.07) is 3.42. The van der Waals surface area contributed by atoms with E-state index in [0.29, 0.717) is 38.1 Å². The van der Waals surface area contributed by atoms with Crippen molar-refractivity contribution in [2.45, 2.75) is 193 Å². The monoisotopic (exact) mass is 872 g/mol. The molecule has 1 aromatic heterocycles. The lowest BCUT2D eigenvalue weighted by Crippen LogP contribution is -2.60. The van der Waals surface area contributed by atoms with Gasteiger partial charge in [-0.25, -0.2) is 0 Å². The normalized spacial score (nSPS) is 31.4. The SMILES string of the molecule is CCCC(C)(O)C(O)C(C)C(=NOCOCCOC)C(C)CC(C)(O)C(O[C@@H]1O[C@H](C)C[C@H](NCc2cccnc2)[C@H]1O)C(C)C(O[C@H]1C[C@@](C)(OC)[C@@H](O)[C@H](C)O1)C(C)C. The molecule has 3 heterocycles. The number of hydrogen-bond acceptors (Lipinski definition) is 16. The predicted molar refractivity (Wildman–Crippen MR) is 230 cm³/mol. The average molecular weight is 872 g/mol. The number of aromatic nitrogens is 1. The fourth-order valence-electron chi connectivity index (χ4n) is 9.09. The van der Waals surface area contributed by atoms with E-state index in [4.69, 9.17) is 38.0 Å². The fourth-order valence-corrected chi connectivity index (χ4v) is 9.09. The highest BCUT2D eigenvalue weighted by Crippen LogP contribution is 2.39. The van der Waals surface area contributed by atoms with Gasteiger partial charge in [-0.05, 0) is 71.4 Å². The predicted octanol–water partition coefficient (Wildman–Crippen LogP) is 4.32. The van der Waals surface area contributed by atoms with Crippen LogP contribution in [0.2, 0.25) is 0 Å². The molecule has 6 N–H and O–H groups in total. The zero-order valence-corrected chi connectivity index (χ0v) is 39.2. The average Bonchev–Trinajstić information content (AvgIpc) is 3.20. The molecule has 354 valence electrons. The van der Waals surface area contributed by atoms with Gasteiger partial charge in [0.1, 0.15) is 12.2 Å². The second kappa shape index (κ2) is 24.4. The van der Waals surface area contributed by atoms with Crippen molar-refractivity contribution >= 4 is 5.71 Å². The Kier molecular flexibility index (Phi) is 21.4. The van der Waals surface area contributed by atoms with Crippen LogP contribution in [-0.2, 0) is 44.5 Å². The van der Waals surface area contributed by atoms with E-state index in [2.05, 4.69) is 15.5 Å². The van der Waals surface area contributed by atoms with Crippen LogP contribution < -0.4 is 5.32 Å². The van der Waals surface area contributed by atoms with Gasteiger partial charge >= 0.3 is 0 Å². The Morgan fingerprint density at radius 1 is 1.05 bits per heavy atom. The Bertz CT molecular complexity index is 1420. The van der Waals surface area contributed by atoms with E-state index in [1.165, 1.54) is 0 Å². The summed E-state index contributed by atoms with van der Waals surface area (Å²) in [6.07, 6.45) is -2.23. The molecule has 0 saturated carbocycles. The van der Waals surface area contributed by atoms with Gasteiger partial charge in [0.15, 0.2) is 12.6 Å². The van der Waals surface area contributed by atoms with Crippen LogP contribution in [0.1, 0.15) is 114 Å². The number of aliphatic hydroxyl groups is 5. The van der Waals surface area contributed by atoms with Crippen molar-refractivity contribution in [1.29, 1.82) is 0 Å². The van der Waals surface area contributed by atoms with E-state index in [-0.39, 0.29) is 38.3 Å². The number of aliphatic hydroxyl groups excluding tert-OH is 3. The summed E-state index contributed by atoms with van der Waals surface area (Å²) in [5, 5.41) is 66.4. The Labute approximate surface area is 365 Å². The molecule has 16 heteroatoms. The molecule has 0 radical (unpaired) electrons. The summed E-state index contributed by atoms with van der Waals surface area (Å²) in [5.74, 6) is -1.89.